The predicted molar refractivity (Wildman–Crippen MR) is 52.3 cm³/mol. The van der Waals surface area contributed by atoms with Crippen molar-refractivity contribution in [1.29, 1.82) is 0 Å². The highest BCUT2D eigenvalue weighted by Crippen LogP contribution is 2.12. The lowest BCUT2D eigenvalue weighted by Gasteiger charge is -1.98. The molecule has 0 saturated heterocycles. The van der Waals surface area contributed by atoms with Crippen LogP contribution in [0.25, 0.3) is 0 Å². The Morgan fingerprint density at radius 1 is 1.43 bits per heavy atom. The smallest absolute Gasteiger partial charge is 0.269 e. The molecule has 0 aromatic heterocycles. The number of oxime groups is 1. The number of non-ortho nitro benzene ring substituents is 1. The van der Waals surface area contributed by atoms with Crippen molar-refractivity contribution in [3.05, 3.63) is 39.9 Å². The van der Waals surface area contributed by atoms with E-state index in [9.17, 15) is 10.1 Å². The van der Waals surface area contributed by atoms with E-state index in [1.54, 1.807) is 19.1 Å². The maximum absolute atomic E-state index is 10.4. The minimum atomic E-state index is -0.438. The van der Waals surface area contributed by atoms with E-state index >= 15 is 0 Å². The Morgan fingerprint density at radius 2 is 2.00 bits per heavy atom. The van der Waals surface area contributed by atoms with Crippen LogP contribution in [0.15, 0.2) is 29.4 Å². The van der Waals surface area contributed by atoms with E-state index in [-0.39, 0.29) is 5.69 Å². The van der Waals surface area contributed by atoms with Gasteiger partial charge in [-0.15, -0.1) is 0 Å². The molecule has 5 heteroatoms. The lowest BCUT2D eigenvalue weighted by atomic mass is 10.1. The lowest BCUT2D eigenvalue weighted by Crippen LogP contribution is -1.95. The Labute approximate surface area is 81.1 Å². The van der Waals surface area contributed by atoms with Gasteiger partial charge in [0.1, 0.15) is 7.11 Å². The first-order chi connectivity index (χ1) is 6.65. The minimum absolute atomic E-state index is 0.0685. The van der Waals surface area contributed by atoms with E-state index in [1.165, 1.54) is 19.2 Å². The molecule has 0 bridgehead atoms. The van der Waals surface area contributed by atoms with Crippen LogP contribution < -0.4 is 0 Å². The molecule has 74 valence electrons. The molecule has 0 aliphatic carbocycles. The maximum atomic E-state index is 10.4. The Kier molecular flexibility index (Phi) is 3.17. The van der Waals surface area contributed by atoms with Crippen molar-refractivity contribution in [2.45, 2.75) is 6.92 Å². The fraction of sp³-hybridized carbons (Fsp3) is 0.222. The van der Waals surface area contributed by atoms with Crippen LogP contribution in [0.2, 0.25) is 0 Å². The van der Waals surface area contributed by atoms with Crippen molar-refractivity contribution >= 4 is 11.4 Å². The highest BCUT2D eigenvalue weighted by molar-refractivity contribution is 5.98. The standard InChI is InChI=1S/C9H10N2O3/c1-7(10-14-2)8-3-5-9(6-4-8)11(12)13/h3-6H,1-2H3. The Morgan fingerprint density at radius 3 is 2.43 bits per heavy atom. The molecule has 0 saturated carbocycles. The average molecular weight is 194 g/mol. The van der Waals surface area contributed by atoms with E-state index in [0.717, 1.165) is 5.56 Å². The molecule has 1 rings (SSSR count). The number of rotatable bonds is 3. The zero-order valence-electron chi connectivity index (χ0n) is 7.93. The molecule has 0 N–H and O–H groups in total. The summed E-state index contributed by atoms with van der Waals surface area (Å²) < 4.78 is 0. The van der Waals surface area contributed by atoms with Gasteiger partial charge in [-0.25, -0.2) is 0 Å². The summed E-state index contributed by atoms with van der Waals surface area (Å²) in [7, 11) is 1.45. The molecule has 0 spiro atoms. The molecule has 0 fully saturated rings. The van der Waals surface area contributed by atoms with E-state index in [4.69, 9.17) is 0 Å². The molecule has 14 heavy (non-hydrogen) atoms. The van der Waals surface area contributed by atoms with Gasteiger partial charge in [0, 0.05) is 12.1 Å². The van der Waals surface area contributed by atoms with Gasteiger partial charge in [0.05, 0.1) is 10.6 Å². The second-order valence-electron chi connectivity index (χ2n) is 2.66. The highest BCUT2D eigenvalue weighted by Gasteiger charge is 2.05. The van der Waals surface area contributed by atoms with Crippen molar-refractivity contribution in [3.8, 4) is 0 Å². The summed E-state index contributed by atoms with van der Waals surface area (Å²) in [6, 6.07) is 6.14. The number of nitrogens with zero attached hydrogens (tertiary/aromatic N) is 2. The zero-order chi connectivity index (χ0) is 10.6. The molecular formula is C9H10N2O3. The van der Waals surface area contributed by atoms with Crippen molar-refractivity contribution < 1.29 is 9.76 Å². The van der Waals surface area contributed by atoms with E-state index in [0.29, 0.717) is 5.71 Å². The van der Waals surface area contributed by atoms with Gasteiger partial charge in [-0.3, -0.25) is 10.1 Å². The average Bonchev–Trinajstić information content (AvgIpc) is 2.18. The van der Waals surface area contributed by atoms with Gasteiger partial charge in [0.25, 0.3) is 5.69 Å². The van der Waals surface area contributed by atoms with Crippen LogP contribution in [-0.4, -0.2) is 17.7 Å². The van der Waals surface area contributed by atoms with Crippen LogP contribution in [0.5, 0.6) is 0 Å². The Bertz CT molecular complexity index is 357. The summed E-state index contributed by atoms with van der Waals surface area (Å²) >= 11 is 0. The number of hydrogen-bond donors (Lipinski definition) is 0. The monoisotopic (exact) mass is 194 g/mol. The summed E-state index contributed by atoms with van der Waals surface area (Å²) in [5.74, 6) is 0. The van der Waals surface area contributed by atoms with Crippen LogP contribution in [0.4, 0.5) is 5.69 Å². The summed E-state index contributed by atoms with van der Waals surface area (Å²) in [5, 5.41) is 14.1. The normalized spacial score (nSPS) is 11.1. The van der Waals surface area contributed by atoms with E-state index < -0.39 is 4.92 Å². The number of nitro groups is 1. The Balaban J connectivity index is 2.94. The van der Waals surface area contributed by atoms with Crippen LogP contribution in [0.3, 0.4) is 0 Å². The third-order valence-electron chi connectivity index (χ3n) is 1.72. The number of hydrogen-bond acceptors (Lipinski definition) is 4. The third kappa shape index (κ3) is 2.29. The molecule has 0 aliphatic heterocycles. The van der Waals surface area contributed by atoms with Gasteiger partial charge in [0.2, 0.25) is 0 Å². The minimum Gasteiger partial charge on any atom is -0.399 e. The molecule has 0 heterocycles. The molecule has 0 amide bonds. The van der Waals surface area contributed by atoms with Gasteiger partial charge in [-0.05, 0) is 24.6 Å². The number of nitro benzene ring substituents is 1. The number of benzene rings is 1. The molecule has 0 unspecified atom stereocenters. The van der Waals surface area contributed by atoms with Crippen LogP contribution >= 0.6 is 0 Å². The molecule has 1 aromatic carbocycles. The molecule has 0 atom stereocenters. The second kappa shape index (κ2) is 4.36. The van der Waals surface area contributed by atoms with E-state index in [1.807, 2.05) is 0 Å². The topological polar surface area (TPSA) is 64.7 Å². The van der Waals surface area contributed by atoms with Gasteiger partial charge in [-0.1, -0.05) is 5.16 Å². The fourth-order valence-corrected chi connectivity index (χ4v) is 1.01. The van der Waals surface area contributed by atoms with Crippen molar-refractivity contribution in [1.82, 2.24) is 0 Å². The quantitative estimate of drug-likeness (QED) is 0.419. The molecule has 5 nitrogen and oxygen atoms in total. The van der Waals surface area contributed by atoms with Crippen molar-refractivity contribution in [2.24, 2.45) is 5.16 Å². The molecular weight excluding hydrogens is 184 g/mol. The summed E-state index contributed by atoms with van der Waals surface area (Å²) in [4.78, 5) is 14.5. The zero-order valence-corrected chi connectivity index (χ0v) is 7.93. The van der Waals surface area contributed by atoms with Crippen molar-refractivity contribution in [2.75, 3.05) is 7.11 Å². The van der Waals surface area contributed by atoms with Crippen LogP contribution in [-0.2, 0) is 4.84 Å². The largest absolute Gasteiger partial charge is 0.399 e. The van der Waals surface area contributed by atoms with Crippen molar-refractivity contribution in [3.63, 3.8) is 0 Å². The first kappa shape index (κ1) is 10.2. The molecule has 0 aliphatic rings. The second-order valence-corrected chi connectivity index (χ2v) is 2.66. The van der Waals surface area contributed by atoms with Crippen LogP contribution in [0, 0.1) is 10.1 Å². The highest BCUT2D eigenvalue weighted by atomic mass is 16.6. The maximum Gasteiger partial charge on any atom is 0.269 e. The lowest BCUT2D eigenvalue weighted by molar-refractivity contribution is -0.384. The van der Waals surface area contributed by atoms with Crippen LogP contribution in [0.1, 0.15) is 12.5 Å². The molecule has 0 radical (unpaired) electrons. The van der Waals surface area contributed by atoms with E-state index in [2.05, 4.69) is 9.99 Å². The summed E-state index contributed by atoms with van der Waals surface area (Å²) in [6.45, 7) is 1.77. The first-order valence-corrected chi connectivity index (χ1v) is 3.97. The SMILES string of the molecule is CON=C(C)c1ccc([N+](=O)[O-])cc1. The van der Waals surface area contributed by atoms with Gasteiger partial charge >= 0.3 is 0 Å². The predicted octanol–water partition coefficient (Wildman–Crippen LogP) is 1.97. The summed E-state index contributed by atoms with van der Waals surface area (Å²) in [5.41, 5.74) is 1.55. The van der Waals surface area contributed by atoms with Gasteiger partial charge in [-0.2, -0.15) is 0 Å². The summed E-state index contributed by atoms with van der Waals surface area (Å²) in [6.07, 6.45) is 0. The van der Waals surface area contributed by atoms with Gasteiger partial charge in [0.15, 0.2) is 0 Å². The molecule has 1 aromatic rings. The Hall–Kier alpha value is -1.91. The van der Waals surface area contributed by atoms with Gasteiger partial charge < -0.3 is 4.84 Å². The first-order valence-electron chi connectivity index (χ1n) is 3.97. The fourth-order valence-electron chi connectivity index (χ4n) is 1.01. The third-order valence-corrected chi connectivity index (χ3v) is 1.72.